The summed E-state index contributed by atoms with van der Waals surface area (Å²) < 4.78 is 12.0. The maximum Gasteiger partial charge on any atom is 0.129 e. The second-order valence-electron chi connectivity index (χ2n) is 11.0. The molecule has 0 saturated heterocycles. The zero-order chi connectivity index (χ0) is 23.1. The van der Waals surface area contributed by atoms with Gasteiger partial charge in [0.15, 0.2) is 0 Å². The summed E-state index contributed by atoms with van der Waals surface area (Å²) >= 11 is 0. The van der Waals surface area contributed by atoms with Crippen LogP contribution >= 0.6 is 0 Å². The third kappa shape index (κ3) is 4.54. The minimum atomic E-state index is 0.0822. The first kappa shape index (κ1) is 23.4. The molecule has 0 spiro atoms. The highest BCUT2D eigenvalue weighted by Gasteiger charge is 2.25. The number of rotatable bonds is 2. The molecule has 1 aliphatic rings. The number of aryl methyl sites for hydroxylation is 2. The minimum absolute atomic E-state index is 0.0822. The fourth-order valence-electron chi connectivity index (χ4n) is 4.53. The molecular weight excluding hydrogens is 380 g/mol. The van der Waals surface area contributed by atoms with Gasteiger partial charge < -0.3 is 9.47 Å². The Kier molecular flexibility index (Phi) is 6.33. The lowest BCUT2D eigenvalue weighted by Crippen LogP contribution is -2.13. The lowest BCUT2D eigenvalue weighted by molar-refractivity contribution is 0.405. The fraction of sp³-hybridized carbons (Fsp3) is 0.517. The first-order chi connectivity index (χ1) is 14.4. The van der Waals surface area contributed by atoms with Gasteiger partial charge in [0.05, 0.1) is 14.2 Å². The van der Waals surface area contributed by atoms with Crippen LogP contribution in [0.5, 0.6) is 11.5 Å². The van der Waals surface area contributed by atoms with E-state index in [9.17, 15) is 0 Å². The molecule has 31 heavy (non-hydrogen) atoms. The van der Waals surface area contributed by atoms with E-state index in [1.165, 1.54) is 44.5 Å². The molecule has 2 aromatic rings. The average molecular weight is 421 g/mol. The monoisotopic (exact) mass is 420 g/mol. The Bertz CT molecular complexity index is 929. The molecule has 0 unspecified atom stereocenters. The van der Waals surface area contributed by atoms with Gasteiger partial charge in [0.2, 0.25) is 0 Å². The van der Waals surface area contributed by atoms with Crippen molar-refractivity contribution >= 4 is 11.1 Å². The normalized spacial score (nSPS) is 17.2. The largest absolute Gasteiger partial charge is 0.496 e. The highest BCUT2D eigenvalue weighted by molar-refractivity contribution is 5.93. The molecule has 0 heterocycles. The maximum atomic E-state index is 6.01. The van der Waals surface area contributed by atoms with Crippen LogP contribution in [0, 0.1) is 0 Å². The molecule has 0 radical (unpaired) electrons. The van der Waals surface area contributed by atoms with Crippen LogP contribution in [0.2, 0.25) is 0 Å². The lowest BCUT2D eigenvalue weighted by atomic mass is 9.81. The Morgan fingerprint density at radius 2 is 0.968 bits per heavy atom. The van der Waals surface area contributed by atoms with E-state index in [-0.39, 0.29) is 10.8 Å². The topological polar surface area (TPSA) is 18.5 Å². The van der Waals surface area contributed by atoms with Crippen LogP contribution in [0.4, 0.5) is 0 Å². The van der Waals surface area contributed by atoms with Crippen LogP contribution < -0.4 is 9.47 Å². The molecule has 2 aromatic carbocycles. The van der Waals surface area contributed by atoms with Crippen LogP contribution in [-0.4, -0.2) is 14.2 Å². The van der Waals surface area contributed by atoms with Crippen LogP contribution in [0.1, 0.15) is 95.2 Å². The lowest BCUT2D eigenvalue weighted by Gasteiger charge is -2.25. The summed E-state index contributed by atoms with van der Waals surface area (Å²) in [5.74, 6) is 2.05. The number of benzene rings is 2. The average Bonchev–Trinajstić information content (AvgIpc) is 2.69. The van der Waals surface area contributed by atoms with E-state index in [0.29, 0.717) is 0 Å². The number of allylic oxidation sites excluding steroid dienone is 2. The fourth-order valence-corrected chi connectivity index (χ4v) is 4.53. The quantitative estimate of drug-likeness (QED) is 0.495. The van der Waals surface area contributed by atoms with Gasteiger partial charge in [0.1, 0.15) is 11.5 Å². The van der Waals surface area contributed by atoms with Gasteiger partial charge in [-0.3, -0.25) is 0 Å². The van der Waals surface area contributed by atoms with E-state index in [0.717, 1.165) is 30.8 Å². The SMILES string of the molecule is COc1c2cc(C(C)(C)C)cc1/C(C)=C(/C)c1cc(C(C)(C)C)cc(c1OC)CCC2. The standard InChI is InChI=1S/C29H40O2/c1-18-19(2)25-17-23(29(6,7)8)15-21(27(25)31-10)13-11-12-20-14-22(28(3,4)5)16-24(18)26(20)30-9/h14-17H,11-13H2,1-10H3/b19-18-. The zero-order valence-electron chi connectivity index (χ0n) is 21.2. The summed E-state index contributed by atoms with van der Waals surface area (Å²) in [5, 5.41) is 0. The molecule has 4 bridgehead atoms. The van der Waals surface area contributed by atoms with Crippen molar-refractivity contribution in [2.45, 2.75) is 85.5 Å². The van der Waals surface area contributed by atoms with Gasteiger partial charge in [0, 0.05) is 11.1 Å². The summed E-state index contributed by atoms with van der Waals surface area (Å²) in [4.78, 5) is 0. The number of methoxy groups -OCH3 is 2. The molecule has 0 aromatic heterocycles. The third-order valence-electron chi connectivity index (χ3n) is 6.73. The molecule has 0 N–H and O–H groups in total. The number of fused-ring (bicyclic) bond motifs is 4. The second-order valence-corrected chi connectivity index (χ2v) is 11.0. The van der Waals surface area contributed by atoms with Crippen LogP contribution in [0.15, 0.2) is 24.3 Å². The first-order valence-electron chi connectivity index (χ1n) is 11.5. The molecule has 2 nitrogen and oxygen atoms in total. The van der Waals surface area contributed by atoms with Crippen LogP contribution in [-0.2, 0) is 23.7 Å². The van der Waals surface area contributed by atoms with E-state index < -0.39 is 0 Å². The molecule has 0 amide bonds. The molecule has 0 aliphatic heterocycles. The molecular formula is C29H40O2. The summed E-state index contributed by atoms with van der Waals surface area (Å²) in [6.45, 7) is 18.2. The van der Waals surface area contributed by atoms with Gasteiger partial charge in [0.25, 0.3) is 0 Å². The van der Waals surface area contributed by atoms with E-state index in [4.69, 9.17) is 9.47 Å². The Labute approximate surface area is 189 Å². The molecule has 0 fully saturated rings. The molecule has 1 aliphatic carbocycles. The maximum absolute atomic E-state index is 6.01. The van der Waals surface area contributed by atoms with Crippen molar-refractivity contribution in [2.24, 2.45) is 0 Å². The Balaban J connectivity index is 2.40. The predicted molar refractivity (Wildman–Crippen MR) is 134 cm³/mol. The van der Waals surface area contributed by atoms with E-state index in [2.05, 4.69) is 79.7 Å². The Morgan fingerprint density at radius 1 is 0.613 bits per heavy atom. The molecule has 168 valence electrons. The van der Waals surface area contributed by atoms with Gasteiger partial charge in [-0.05, 0) is 89.5 Å². The summed E-state index contributed by atoms with van der Waals surface area (Å²) in [6.07, 6.45) is 3.04. The summed E-state index contributed by atoms with van der Waals surface area (Å²) in [6, 6.07) is 9.38. The van der Waals surface area contributed by atoms with Crippen molar-refractivity contribution in [3.05, 3.63) is 57.6 Å². The van der Waals surface area contributed by atoms with Gasteiger partial charge in [-0.2, -0.15) is 0 Å². The van der Waals surface area contributed by atoms with Crippen LogP contribution in [0.25, 0.3) is 11.1 Å². The molecule has 0 atom stereocenters. The molecule has 0 saturated carbocycles. The smallest absolute Gasteiger partial charge is 0.129 e. The van der Waals surface area contributed by atoms with Gasteiger partial charge in [-0.15, -0.1) is 0 Å². The Hall–Kier alpha value is -2.22. The summed E-state index contributed by atoms with van der Waals surface area (Å²) in [7, 11) is 3.61. The first-order valence-corrected chi connectivity index (χ1v) is 11.5. The molecule has 2 heteroatoms. The summed E-state index contributed by atoms with van der Waals surface area (Å²) in [5.41, 5.74) is 10.4. The number of hydrogen-bond acceptors (Lipinski definition) is 2. The van der Waals surface area contributed by atoms with Crippen LogP contribution in [0.3, 0.4) is 0 Å². The highest BCUT2D eigenvalue weighted by Crippen LogP contribution is 2.43. The number of hydrogen-bond donors (Lipinski definition) is 0. The van der Waals surface area contributed by atoms with Gasteiger partial charge >= 0.3 is 0 Å². The van der Waals surface area contributed by atoms with Gasteiger partial charge in [-0.1, -0.05) is 53.7 Å². The van der Waals surface area contributed by atoms with E-state index in [1.807, 2.05) is 0 Å². The van der Waals surface area contributed by atoms with Crippen molar-refractivity contribution in [1.29, 1.82) is 0 Å². The van der Waals surface area contributed by atoms with Gasteiger partial charge in [-0.25, -0.2) is 0 Å². The highest BCUT2D eigenvalue weighted by atomic mass is 16.5. The Morgan fingerprint density at radius 3 is 1.26 bits per heavy atom. The second kappa shape index (κ2) is 8.37. The predicted octanol–water partition coefficient (Wildman–Crippen LogP) is 7.74. The van der Waals surface area contributed by atoms with E-state index >= 15 is 0 Å². The van der Waals surface area contributed by atoms with Crippen molar-refractivity contribution in [1.82, 2.24) is 0 Å². The van der Waals surface area contributed by atoms with Crippen molar-refractivity contribution in [2.75, 3.05) is 14.2 Å². The molecule has 3 rings (SSSR count). The van der Waals surface area contributed by atoms with Crippen molar-refractivity contribution in [3.63, 3.8) is 0 Å². The minimum Gasteiger partial charge on any atom is -0.496 e. The number of ether oxygens (including phenoxy) is 2. The van der Waals surface area contributed by atoms with Crippen molar-refractivity contribution in [3.8, 4) is 11.5 Å². The zero-order valence-corrected chi connectivity index (χ0v) is 21.2. The van der Waals surface area contributed by atoms with Crippen molar-refractivity contribution < 1.29 is 9.47 Å². The van der Waals surface area contributed by atoms with E-state index in [1.54, 1.807) is 14.2 Å². The third-order valence-corrected chi connectivity index (χ3v) is 6.73.